The molecule has 0 N–H and O–H groups in total. The molecule has 64 heavy (non-hydrogen) atoms. The first kappa shape index (κ1) is 62.4. The molecule has 0 fully saturated rings. The van der Waals surface area contributed by atoms with Crippen molar-refractivity contribution in [3.8, 4) is 0 Å². The minimum Gasteiger partial charge on any atom is -0.462 e. The Morgan fingerprint density at radius 3 is 0.625 bits per heavy atom. The van der Waals surface area contributed by atoms with Gasteiger partial charge < -0.3 is 14.2 Å². The Bertz CT molecular complexity index is 951. The van der Waals surface area contributed by atoms with Gasteiger partial charge in [0.15, 0.2) is 6.10 Å². The summed E-state index contributed by atoms with van der Waals surface area (Å²) in [5.41, 5.74) is 0. The van der Waals surface area contributed by atoms with Crippen molar-refractivity contribution in [1.29, 1.82) is 0 Å². The van der Waals surface area contributed by atoms with Gasteiger partial charge in [0, 0.05) is 19.3 Å². The Hall–Kier alpha value is -1.59. The molecule has 0 saturated carbocycles. The van der Waals surface area contributed by atoms with Crippen LogP contribution in [0, 0.1) is 0 Å². The van der Waals surface area contributed by atoms with Crippen LogP contribution in [0.2, 0.25) is 0 Å². The fourth-order valence-corrected chi connectivity index (χ4v) is 8.98. The molecule has 0 aromatic carbocycles. The second-order valence-corrected chi connectivity index (χ2v) is 19.9. The molecule has 0 aliphatic heterocycles. The first-order valence-electron chi connectivity index (χ1n) is 29.0. The lowest BCUT2D eigenvalue weighted by Crippen LogP contribution is -2.30. The summed E-state index contributed by atoms with van der Waals surface area (Å²) in [4.78, 5) is 37.9. The average molecular weight is 906 g/mol. The number of ether oxygens (including phenoxy) is 3. The van der Waals surface area contributed by atoms with Crippen molar-refractivity contribution in [3.05, 3.63) is 0 Å². The highest BCUT2D eigenvalue weighted by Gasteiger charge is 2.19. The lowest BCUT2D eigenvalue weighted by Gasteiger charge is -2.18. The molecule has 1 unspecified atom stereocenters. The quantitative estimate of drug-likeness (QED) is 0.0344. The highest BCUT2D eigenvalue weighted by atomic mass is 16.6. The predicted octanol–water partition coefficient (Wildman–Crippen LogP) is 19.2. The molecule has 0 heterocycles. The largest absolute Gasteiger partial charge is 0.462 e. The van der Waals surface area contributed by atoms with E-state index in [0.29, 0.717) is 19.3 Å². The van der Waals surface area contributed by atoms with E-state index in [9.17, 15) is 14.4 Å². The van der Waals surface area contributed by atoms with E-state index in [0.717, 1.165) is 57.8 Å². The minimum absolute atomic E-state index is 0.0617. The fourth-order valence-electron chi connectivity index (χ4n) is 8.98. The lowest BCUT2D eigenvalue weighted by atomic mass is 10.0. The zero-order valence-electron chi connectivity index (χ0n) is 43.6. The van der Waals surface area contributed by atoms with E-state index in [-0.39, 0.29) is 31.1 Å². The molecule has 6 heteroatoms. The van der Waals surface area contributed by atoms with Gasteiger partial charge in [0.2, 0.25) is 0 Å². The van der Waals surface area contributed by atoms with Crippen LogP contribution in [0.4, 0.5) is 0 Å². The van der Waals surface area contributed by atoms with Crippen LogP contribution >= 0.6 is 0 Å². The maximum Gasteiger partial charge on any atom is 0.306 e. The number of rotatable bonds is 54. The van der Waals surface area contributed by atoms with Gasteiger partial charge in [-0.2, -0.15) is 0 Å². The average Bonchev–Trinajstić information content (AvgIpc) is 3.29. The maximum atomic E-state index is 12.8. The van der Waals surface area contributed by atoms with E-state index in [1.807, 2.05) is 0 Å². The summed E-state index contributed by atoms with van der Waals surface area (Å²) in [7, 11) is 0. The molecule has 0 aliphatic carbocycles. The third-order valence-electron chi connectivity index (χ3n) is 13.4. The van der Waals surface area contributed by atoms with Gasteiger partial charge in [-0.3, -0.25) is 14.4 Å². The summed E-state index contributed by atoms with van der Waals surface area (Å²) in [6.45, 7) is 6.68. The summed E-state index contributed by atoms with van der Waals surface area (Å²) in [6, 6.07) is 0. The summed E-state index contributed by atoms with van der Waals surface area (Å²) in [6.07, 6.45) is 59.7. The number of carbonyl (C=O) groups is 3. The lowest BCUT2D eigenvalue weighted by molar-refractivity contribution is -0.167. The third-order valence-corrected chi connectivity index (χ3v) is 13.4. The van der Waals surface area contributed by atoms with Crippen LogP contribution in [0.15, 0.2) is 0 Å². The number of hydrogen-bond donors (Lipinski definition) is 0. The Labute approximate surface area is 399 Å². The van der Waals surface area contributed by atoms with Crippen LogP contribution in [0.3, 0.4) is 0 Å². The maximum absolute atomic E-state index is 12.8. The van der Waals surface area contributed by atoms with Crippen LogP contribution in [0.1, 0.15) is 335 Å². The molecule has 0 bridgehead atoms. The van der Waals surface area contributed by atoms with Crippen molar-refractivity contribution in [2.45, 2.75) is 341 Å². The minimum atomic E-state index is -0.759. The molecule has 0 radical (unpaired) electrons. The van der Waals surface area contributed by atoms with Crippen molar-refractivity contribution in [2.24, 2.45) is 0 Å². The molecule has 380 valence electrons. The van der Waals surface area contributed by atoms with E-state index in [4.69, 9.17) is 14.2 Å². The Kier molecular flexibility index (Phi) is 52.7. The monoisotopic (exact) mass is 905 g/mol. The molecule has 0 saturated heterocycles. The van der Waals surface area contributed by atoms with Crippen molar-refractivity contribution in [1.82, 2.24) is 0 Å². The van der Waals surface area contributed by atoms with Crippen molar-refractivity contribution >= 4 is 17.9 Å². The zero-order valence-corrected chi connectivity index (χ0v) is 43.6. The summed E-state index contributed by atoms with van der Waals surface area (Å²) in [5.74, 6) is -0.840. The van der Waals surface area contributed by atoms with Crippen LogP contribution in [-0.4, -0.2) is 37.2 Å². The number of unbranched alkanes of at least 4 members (excludes halogenated alkanes) is 43. The summed E-state index contributed by atoms with van der Waals surface area (Å²) < 4.78 is 16.8. The van der Waals surface area contributed by atoms with E-state index in [1.54, 1.807) is 0 Å². The van der Waals surface area contributed by atoms with E-state index < -0.39 is 6.10 Å². The number of hydrogen-bond acceptors (Lipinski definition) is 6. The standard InChI is InChI=1S/C58H112O6/c1-4-7-10-13-16-19-22-23-24-25-26-27-28-29-30-31-32-33-34-35-37-39-42-45-48-51-57(60)63-54-55(53-62-56(59)50-47-44-41-38-21-18-15-12-9-6-3)64-58(61)52-49-46-43-40-36-20-17-14-11-8-5-2/h55H,4-54H2,1-3H3. The van der Waals surface area contributed by atoms with Crippen molar-refractivity contribution < 1.29 is 28.6 Å². The summed E-state index contributed by atoms with van der Waals surface area (Å²) in [5, 5.41) is 0. The molecule has 0 spiro atoms. The van der Waals surface area contributed by atoms with Crippen LogP contribution in [0.25, 0.3) is 0 Å². The Morgan fingerprint density at radius 1 is 0.250 bits per heavy atom. The van der Waals surface area contributed by atoms with E-state index in [1.165, 1.54) is 238 Å². The molecule has 0 aromatic heterocycles. The molecule has 0 aromatic rings. The highest BCUT2D eigenvalue weighted by molar-refractivity contribution is 5.71. The Morgan fingerprint density at radius 2 is 0.422 bits per heavy atom. The van der Waals surface area contributed by atoms with E-state index in [2.05, 4.69) is 20.8 Å². The van der Waals surface area contributed by atoms with Gasteiger partial charge in [-0.15, -0.1) is 0 Å². The van der Waals surface area contributed by atoms with Gasteiger partial charge >= 0.3 is 17.9 Å². The SMILES string of the molecule is CCCCCCCCCCCCCCCCCCCCCCCCCCCC(=O)OCC(COC(=O)CCCCCCCCCCCC)OC(=O)CCCCCCCCCCCCC. The number of carbonyl (C=O) groups excluding carboxylic acids is 3. The van der Waals surface area contributed by atoms with Gasteiger partial charge in [-0.05, 0) is 19.3 Å². The van der Waals surface area contributed by atoms with Gasteiger partial charge in [0.05, 0.1) is 0 Å². The third kappa shape index (κ3) is 51.4. The molecule has 0 aliphatic rings. The normalized spacial score (nSPS) is 11.9. The van der Waals surface area contributed by atoms with Gasteiger partial charge in [-0.1, -0.05) is 297 Å². The Balaban J connectivity index is 4.07. The smallest absolute Gasteiger partial charge is 0.306 e. The van der Waals surface area contributed by atoms with Crippen LogP contribution in [0.5, 0.6) is 0 Å². The molecular weight excluding hydrogens is 793 g/mol. The first-order chi connectivity index (χ1) is 31.5. The zero-order chi connectivity index (χ0) is 46.5. The van der Waals surface area contributed by atoms with Gasteiger partial charge in [-0.25, -0.2) is 0 Å². The molecular formula is C58H112O6. The molecule has 0 rings (SSSR count). The topological polar surface area (TPSA) is 78.9 Å². The first-order valence-corrected chi connectivity index (χ1v) is 29.0. The van der Waals surface area contributed by atoms with Crippen molar-refractivity contribution in [2.75, 3.05) is 13.2 Å². The second kappa shape index (κ2) is 54.0. The molecule has 0 amide bonds. The second-order valence-electron chi connectivity index (χ2n) is 19.9. The molecule has 6 nitrogen and oxygen atoms in total. The van der Waals surface area contributed by atoms with Gasteiger partial charge in [0.25, 0.3) is 0 Å². The number of esters is 3. The molecule has 1 atom stereocenters. The van der Waals surface area contributed by atoms with Crippen LogP contribution < -0.4 is 0 Å². The van der Waals surface area contributed by atoms with Crippen molar-refractivity contribution in [3.63, 3.8) is 0 Å². The highest BCUT2D eigenvalue weighted by Crippen LogP contribution is 2.18. The fraction of sp³-hybridized carbons (Fsp3) is 0.948. The predicted molar refractivity (Wildman–Crippen MR) is 275 cm³/mol. The van der Waals surface area contributed by atoms with Crippen LogP contribution in [-0.2, 0) is 28.6 Å². The van der Waals surface area contributed by atoms with Gasteiger partial charge in [0.1, 0.15) is 13.2 Å². The summed E-state index contributed by atoms with van der Waals surface area (Å²) >= 11 is 0. The van der Waals surface area contributed by atoms with E-state index >= 15 is 0 Å².